The van der Waals surface area contributed by atoms with E-state index in [4.69, 9.17) is 0 Å². The van der Waals surface area contributed by atoms with E-state index in [2.05, 4.69) is 13.8 Å². The monoisotopic (exact) mass is 238 g/mol. The highest BCUT2D eigenvalue weighted by molar-refractivity contribution is 7.91. The first-order valence-corrected chi connectivity index (χ1v) is 7.40. The molecule has 16 heavy (non-hydrogen) atoms. The molecule has 2 nitrogen and oxygen atoms in total. The first-order valence-electron chi connectivity index (χ1n) is 5.75. The second-order valence-electron chi connectivity index (χ2n) is 4.94. The summed E-state index contributed by atoms with van der Waals surface area (Å²) in [6.45, 7) is 6.30. The van der Waals surface area contributed by atoms with Gasteiger partial charge in [0.25, 0.3) is 0 Å². The Morgan fingerprint density at radius 1 is 1.12 bits per heavy atom. The normalized spacial score (nSPS) is 32.8. The van der Waals surface area contributed by atoms with Crippen LogP contribution in [0.3, 0.4) is 0 Å². The summed E-state index contributed by atoms with van der Waals surface area (Å²) in [7, 11) is -3.09. The molecule has 0 amide bonds. The second kappa shape index (κ2) is 3.88. The van der Waals surface area contributed by atoms with Gasteiger partial charge in [0.05, 0.1) is 10.6 Å². The number of benzene rings is 1. The fourth-order valence-electron chi connectivity index (χ4n) is 2.50. The number of hydrogen-bond acceptors (Lipinski definition) is 2. The van der Waals surface area contributed by atoms with Gasteiger partial charge in [-0.05, 0) is 29.4 Å². The molecule has 0 aliphatic carbocycles. The fourth-order valence-corrected chi connectivity index (χ4v) is 4.58. The van der Waals surface area contributed by atoms with Crippen molar-refractivity contribution in [2.45, 2.75) is 31.6 Å². The summed E-state index contributed by atoms with van der Waals surface area (Å²) in [6.07, 6.45) is 0. The van der Waals surface area contributed by atoms with Gasteiger partial charge in [0.2, 0.25) is 0 Å². The highest BCUT2D eigenvalue weighted by Crippen LogP contribution is 2.38. The molecule has 3 heteroatoms. The van der Waals surface area contributed by atoms with Crippen molar-refractivity contribution < 1.29 is 8.42 Å². The average molecular weight is 238 g/mol. The molecule has 0 aromatic heterocycles. The Bertz CT molecular complexity index is 490. The Hall–Kier alpha value is -0.830. The van der Waals surface area contributed by atoms with Gasteiger partial charge in [-0.3, -0.25) is 0 Å². The summed E-state index contributed by atoms with van der Waals surface area (Å²) in [5.41, 5.74) is 0.986. The quantitative estimate of drug-likeness (QED) is 0.696. The topological polar surface area (TPSA) is 34.1 Å². The van der Waals surface area contributed by atoms with Crippen molar-refractivity contribution >= 4 is 9.84 Å². The first-order chi connectivity index (χ1) is 7.43. The van der Waals surface area contributed by atoms with Crippen LogP contribution in [0.4, 0.5) is 0 Å². The summed E-state index contributed by atoms with van der Waals surface area (Å²) >= 11 is 0. The molecule has 0 radical (unpaired) electrons. The van der Waals surface area contributed by atoms with Crippen molar-refractivity contribution in [3.05, 3.63) is 29.8 Å². The number of sulfone groups is 1. The van der Waals surface area contributed by atoms with Crippen LogP contribution >= 0.6 is 0 Å². The van der Waals surface area contributed by atoms with Gasteiger partial charge in [-0.15, -0.1) is 0 Å². The lowest BCUT2D eigenvalue weighted by Gasteiger charge is -2.22. The summed E-state index contributed by atoms with van der Waals surface area (Å²) in [5.74, 6) is 1.20. The van der Waals surface area contributed by atoms with Crippen LogP contribution in [0.15, 0.2) is 29.2 Å². The zero-order valence-corrected chi connectivity index (χ0v) is 10.8. The summed E-state index contributed by atoms with van der Waals surface area (Å²) < 4.78 is 24.4. The number of rotatable bonds is 0. The van der Waals surface area contributed by atoms with E-state index in [9.17, 15) is 8.42 Å². The van der Waals surface area contributed by atoms with E-state index in [1.807, 2.05) is 25.1 Å². The Labute approximate surface area is 97.6 Å². The summed E-state index contributed by atoms with van der Waals surface area (Å²) in [4.78, 5) is 0.540. The zero-order valence-electron chi connectivity index (χ0n) is 9.97. The Morgan fingerprint density at radius 2 is 1.75 bits per heavy atom. The minimum Gasteiger partial charge on any atom is -0.224 e. The van der Waals surface area contributed by atoms with Gasteiger partial charge in [0.1, 0.15) is 0 Å². The molecule has 0 fully saturated rings. The third kappa shape index (κ3) is 1.77. The van der Waals surface area contributed by atoms with Crippen LogP contribution in [0.5, 0.6) is 0 Å². The maximum absolute atomic E-state index is 12.2. The van der Waals surface area contributed by atoms with Crippen molar-refractivity contribution in [1.29, 1.82) is 0 Å². The van der Waals surface area contributed by atoms with Crippen LogP contribution in [-0.4, -0.2) is 14.2 Å². The van der Waals surface area contributed by atoms with E-state index < -0.39 is 9.84 Å². The van der Waals surface area contributed by atoms with Gasteiger partial charge in [-0.25, -0.2) is 8.42 Å². The zero-order chi connectivity index (χ0) is 11.9. The molecule has 0 saturated carbocycles. The van der Waals surface area contributed by atoms with E-state index in [0.29, 0.717) is 16.7 Å². The highest BCUT2D eigenvalue weighted by Gasteiger charge is 2.33. The summed E-state index contributed by atoms with van der Waals surface area (Å²) in [6, 6.07) is 7.43. The van der Waals surface area contributed by atoms with Crippen LogP contribution in [0.25, 0.3) is 0 Å². The van der Waals surface area contributed by atoms with Gasteiger partial charge in [0, 0.05) is 0 Å². The molecule has 1 heterocycles. The van der Waals surface area contributed by atoms with Gasteiger partial charge >= 0.3 is 0 Å². The van der Waals surface area contributed by atoms with Crippen molar-refractivity contribution in [1.82, 2.24) is 0 Å². The second-order valence-corrected chi connectivity index (χ2v) is 6.95. The fraction of sp³-hybridized carbons (Fsp3) is 0.538. The molecule has 0 saturated heterocycles. The minimum atomic E-state index is -3.09. The lowest BCUT2D eigenvalue weighted by Crippen LogP contribution is -2.18. The number of fused-ring (bicyclic) bond motifs is 1. The smallest absolute Gasteiger partial charge is 0.178 e. The lowest BCUT2D eigenvalue weighted by atomic mass is 9.82. The molecule has 1 aromatic carbocycles. The minimum absolute atomic E-state index is 0.215. The molecule has 3 atom stereocenters. The van der Waals surface area contributed by atoms with Crippen molar-refractivity contribution in [2.24, 2.45) is 11.8 Å². The first kappa shape index (κ1) is 11.6. The number of hydrogen-bond donors (Lipinski definition) is 0. The van der Waals surface area contributed by atoms with Gasteiger partial charge in [0.15, 0.2) is 9.84 Å². The van der Waals surface area contributed by atoms with Crippen molar-refractivity contribution in [3.63, 3.8) is 0 Å². The predicted octanol–water partition coefficient (Wildman–Crippen LogP) is 2.85. The highest BCUT2D eigenvalue weighted by atomic mass is 32.2. The van der Waals surface area contributed by atoms with E-state index in [-0.39, 0.29) is 11.7 Å². The average Bonchev–Trinajstić information content (AvgIpc) is 2.31. The largest absolute Gasteiger partial charge is 0.224 e. The van der Waals surface area contributed by atoms with Crippen LogP contribution < -0.4 is 0 Å². The standard InChI is InChI=1S/C13H18O2S/c1-9-8-16(14,15)13-7-5-4-6-12(13)11(3)10(9)2/h4-7,9-11H,8H2,1-3H3/t9-,10+,11-/m1/s1. The van der Waals surface area contributed by atoms with E-state index in [0.717, 1.165) is 5.56 Å². The van der Waals surface area contributed by atoms with Crippen molar-refractivity contribution in [2.75, 3.05) is 5.75 Å². The Morgan fingerprint density at radius 3 is 2.44 bits per heavy atom. The summed E-state index contributed by atoms with van der Waals surface area (Å²) in [5, 5.41) is 0. The van der Waals surface area contributed by atoms with E-state index in [1.165, 1.54) is 0 Å². The van der Waals surface area contributed by atoms with Crippen LogP contribution in [-0.2, 0) is 9.84 Å². The molecular weight excluding hydrogens is 220 g/mol. The molecule has 2 rings (SSSR count). The molecule has 0 bridgehead atoms. The van der Waals surface area contributed by atoms with E-state index >= 15 is 0 Å². The van der Waals surface area contributed by atoms with Crippen molar-refractivity contribution in [3.8, 4) is 0 Å². The molecule has 1 aliphatic rings. The lowest BCUT2D eigenvalue weighted by molar-refractivity contribution is 0.367. The molecule has 1 aliphatic heterocycles. The Balaban J connectivity index is 2.66. The Kier molecular flexibility index (Phi) is 2.82. The SMILES string of the molecule is C[C@H]1[C@H](C)CS(=O)(=O)c2ccccc2[C@@H]1C. The maximum Gasteiger partial charge on any atom is 0.178 e. The predicted molar refractivity (Wildman–Crippen MR) is 65.2 cm³/mol. The third-order valence-electron chi connectivity index (χ3n) is 3.91. The molecule has 0 N–H and O–H groups in total. The van der Waals surface area contributed by atoms with Crippen LogP contribution in [0.2, 0.25) is 0 Å². The van der Waals surface area contributed by atoms with Crippen LogP contribution in [0.1, 0.15) is 32.3 Å². The molecular formula is C13H18O2S. The molecule has 1 aromatic rings. The van der Waals surface area contributed by atoms with Gasteiger partial charge in [-0.1, -0.05) is 39.0 Å². The van der Waals surface area contributed by atoms with E-state index in [1.54, 1.807) is 6.07 Å². The van der Waals surface area contributed by atoms with Crippen LogP contribution in [0, 0.1) is 11.8 Å². The molecule has 0 spiro atoms. The maximum atomic E-state index is 12.2. The van der Waals surface area contributed by atoms with Gasteiger partial charge < -0.3 is 0 Å². The molecule has 88 valence electrons. The third-order valence-corrected chi connectivity index (χ3v) is 5.92. The molecule has 0 unspecified atom stereocenters. The van der Waals surface area contributed by atoms with Gasteiger partial charge in [-0.2, -0.15) is 0 Å².